The summed E-state index contributed by atoms with van der Waals surface area (Å²) >= 11 is 0. The number of fused-ring (bicyclic) bond motifs is 7. The predicted octanol–water partition coefficient (Wildman–Crippen LogP) is 13.8. The number of rotatable bonds is 6. The van der Waals surface area contributed by atoms with Crippen LogP contribution in [0.15, 0.2) is 234 Å². The van der Waals surface area contributed by atoms with Crippen molar-refractivity contribution in [2.24, 2.45) is 9.98 Å². The molecule has 0 bridgehead atoms. The summed E-state index contributed by atoms with van der Waals surface area (Å²) in [5.41, 5.74) is 14.5. The van der Waals surface area contributed by atoms with Gasteiger partial charge in [-0.25, -0.2) is 4.99 Å². The van der Waals surface area contributed by atoms with Gasteiger partial charge >= 0.3 is 0 Å². The lowest BCUT2D eigenvalue weighted by molar-refractivity contribution is 0.668. The van der Waals surface area contributed by atoms with E-state index in [0.29, 0.717) is 5.96 Å². The summed E-state index contributed by atoms with van der Waals surface area (Å²) in [5.74, 6) is 1.39. The molecule has 1 aliphatic heterocycles. The third kappa shape index (κ3) is 5.94. The van der Waals surface area contributed by atoms with E-state index >= 15 is 0 Å². The van der Waals surface area contributed by atoms with Gasteiger partial charge in [0.05, 0.1) is 27.8 Å². The van der Waals surface area contributed by atoms with E-state index in [1.165, 1.54) is 22.1 Å². The first-order chi connectivity index (χ1) is 30.8. The summed E-state index contributed by atoms with van der Waals surface area (Å²) in [6, 6.07) is 79.9. The van der Waals surface area contributed by atoms with E-state index in [4.69, 9.17) is 9.98 Å². The maximum absolute atomic E-state index is 5.48. The van der Waals surface area contributed by atoms with Gasteiger partial charge in [-0.2, -0.15) is 4.99 Å². The molecule has 0 aliphatic carbocycles. The van der Waals surface area contributed by atoms with Gasteiger partial charge in [0.25, 0.3) is 0 Å². The molecular weight excluding hydrogens is 755 g/mol. The minimum Gasteiger partial charge on any atom is -0.344 e. The SMILES string of the molecule is c1ccc(-c2ccc(C3=NC(n4c5ccccc5c5ccc6c7ccccc7n(-c7ccc(-c8ccccc8)cc7-c7ccccc7)c6c54)=NC(c4ccccc4)N3)cc2)cc1. The minimum absolute atomic E-state index is 0.371. The van der Waals surface area contributed by atoms with Gasteiger partial charge in [-0.3, -0.25) is 4.57 Å². The maximum atomic E-state index is 5.48. The Kier molecular flexibility index (Phi) is 8.49. The van der Waals surface area contributed by atoms with Crippen LogP contribution < -0.4 is 5.32 Å². The molecule has 11 aromatic rings. The molecule has 0 saturated heterocycles. The molecule has 1 N–H and O–H groups in total. The second kappa shape index (κ2) is 14.8. The molecule has 62 heavy (non-hydrogen) atoms. The van der Waals surface area contributed by atoms with Gasteiger partial charge in [0.2, 0.25) is 5.96 Å². The smallest absolute Gasteiger partial charge is 0.234 e. The average Bonchev–Trinajstić information content (AvgIpc) is 3.88. The van der Waals surface area contributed by atoms with Crippen LogP contribution in [0.25, 0.3) is 82.7 Å². The number of amidine groups is 1. The molecule has 1 atom stereocenters. The lowest BCUT2D eigenvalue weighted by atomic mass is 9.97. The molecule has 1 unspecified atom stereocenters. The number of aromatic nitrogens is 2. The van der Waals surface area contributed by atoms with Crippen molar-refractivity contribution in [3.8, 4) is 39.1 Å². The van der Waals surface area contributed by atoms with Gasteiger partial charge in [0.1, 0.15) is 12.0 Å². The number of aliphatic imine (C=N–C) groups is 2. The Hall–Kier alpha value is -8.28. The van der Waals surface area contributed by atoms with E-state index in [1.807, 2.05) is 6.07 Å². The Morgan fingerprint density at radius 1 is 0.371 bits per heavy atom. The van der Waals surface area contributed by atoms with Crippen LogP contribution in [0.1, 0.15) is 17.3 Å². The Labute approximate surface area is 359 Å². The second-order valence-electron chi connectivity index (χ2n) is 15.8. The van der Waals surface area contributed by atoms with Crippen LogP contribution in [0, 0.1) is 0 Å². The molecule has 2 aromatic heterocycles. The monoisotopic (exact) mass is 793 g/mol. The van der Waals surface area contributed by atoms with Crippen molar-refractivity contribution in [3.63, 3.8) is 0 Å². The highest BCUT2D eigenvalue weighted by molar-refractivity contribution is 6.26. The number of para-hydroxylation sites is 2. The van der Waals surface area contributed by atoms with Gasteiger partial charge in [-0.1, -0.05) is 200 Å². The van der Waals surface area contributed by atoms with Crippen molar-refractivity contribution in [2.45, 2.75) is 6.17 Å². The van der Waals surface area contributed by atoms with Crippen molar-refractivity contribution >= 4 is 55.4 Å². The number of nitrogens with one attached hydrogen (secondary N) is 1. The van der Waals surface area contributed by atoms with E-state index in [0.717, 1.165) is 77.6 Å². The minimum atomic E-state index is -0.371. The van der Waals surface area contributed by atoms with E-state index in [9.17, 15) is 0 Å². The highest BCUT2D eigenvalue weighted by Gasteiger charge is 2.27. The summed E-state index contributed by atoms with van der Waals surface area (Å²) in [7, 11) is 0. The summed E-state index contributed by atoms with van der Waals surface area (Å²) in [5, 5.41) is 8.35. The number of nitrogens with zero attached hydrogens (tertiary/aromatic N) is 4. The zero-order valence-corrected chi connectivity index (χ0v) is 33.7. The predicted molar refractivity (Wildman–Crippen MR) is 258 cm³/mol. The second-order valence-corrected chi connectivity index (χ2v) is 15.8. The van der Waals surface area contributed by atoms with E-state index in [1.54, 1.807) is 0 Å². The van der Waals surface area contributed by atoms with Crippen LogP contribution in [0.5, 0.6) is 0 Å². The standard InChI is InChI=1S/C57H39N5/c1-5-17-38(18-6-1)40-29-31-43(32-30-40)56-58-55(42-23-11-4-12-24-42)59-57(60-56)62-51-28-16-14-26-46(51)48-35-34-47-45-25-13-15-27-50(45)61(53(47)54(48)62)52-36-33-44(39-19-7-2-8-20-39)37-49(52)41-21-9-3-10-22-41/h1-37,55H,(H,58,59,60). The Morgan fingerprint density at radius 3 is 1.47 bits per heavy atom. The zero-order chi connectivity index (χ0) is 41.0. The Balaban J connectivity index is 1.15. The third-order valence-corrected chi connectivity index (χ3v) is 12.2. The molecule has 0 saturated carbocycles. The van der Waals surface area contributed by atoms with Crippen LogP contribution >= 0.6 is 0 Å². The fourth-order valence-corrected chi connectivity index (χ4v) is 9.29. The number of benzene rings is 9. The van der Waals surface area contributed by atoms with Crippen LogP contribution in [0.3, 0.4) is 0 Å². The van der Waals surface area contributed by atoms with Crippen LogP contribution in [-0.4, -0.2) is 20.9 Å². The molecule has 0 radical (unpaired) electrons. The molecule has 12 rings (SSSR count). The van der Waals surface area contributed by atoms with Crippen molar-refractivity contribution in [1.29, 1.82) is 0 Å². The highest BCUT2D eigenvalue weighted by atomic mass is 15.3. The normalized spacial score (nSPS) is 14.0. The van der Waals surface area contributed by atoms with Crippen LogP contribution in [0.4, 0.5) is 0 Å². The molecule has 0 spiro atoms. The van der Waals surface area contributed by atoms with Crippen molar-refractivity contribution in [2.75, 3.05) is 0 Å². The molecule has 292 valence electrons. The molecule has 9 aromatic carbocycles. The van der Waals surface area contributed by atoms with E-state index in [2.05, 4.69) is 233 Å². The fourth-order valence-electron chi connectivity index (χ4n) is 9.29. The van der Waals surface area contributed by atoms with Crippen LogP contribution in [-0.2, 0) is 0 Å². The topological polar surface area (TPSA) is 46.6 Å². The van der Waals surface area contributed by atoms with Crippen molar-refractivity contribution in [1.82, 2.24) is 14.5 Å². The third-order valence-electron chi connectivity index (χ3n) is 12.2. The zero-order valence-electron chi connectivity index (χ0n) is 33.7. The molecule has 5 heteroatoms. The molecule has 5 nitrogen and oxygen atoms in total. The van der Waals surface area contributed by atoms with Crippen molar-refractivity contribution < 1.29 is 0 Å². The van der Waals surface area contributed by atoms with Gasteiger partial charge in [0.15, 0.2) is 0 Å². The maximum Gasteiger partial charge on any atom is 0.234 e. The first-order valence-electron chi connectivity index (χ1n) is 21.1. The fraction of sp³-hybridized carbons (Fsp3) is 0.0175. The summed E-state index contributed by atoms with van der Waals surface area (Å²) in [6.45, 7) is 0. The Bertz CT molecular complexity index is 3510. The number of hydrogen-bond donors (Lipinski definition) is 1. The van der Waals surface area contributed by atoms with Crippen LogP contribution in [0.2, 0.25) is 0 Å². The van der Waals surface area contributed by atoms with Gasteiger partial charge < -0.3 is 9.88 Å². The summed E-state index contributed by atoms with van der Waals surface area (Å²) in [4.78, 5) is 10.9. The quantitative estimate of drug-likeness (QED) is 0.179. The molecule has 0 amide bonds. The molecule has 0 fully saturated rings. The summed E-state index contributed by atoms with van der Waals surface area (Å²) < 4.78 is 4.78. The molecular formula is C57H39N5. The average molecular weight is 794 g/mol. The molecule has 1 aliphatic rings. The number of hydrogen-bond acceptors (Lipinski definition) is 3. The van der Waals surface area contributed by atoms with E-state index < -0.39 is 0 Å². The van der Waals surface area contributed by atoms with Gasteiger partial charge in [-0.05, 0) is 57.6 Å². The first-order valence-corrected chi connectivity index (χ1v) is 21.1. The lowest BCUT2D eigenvalue weighted by Gasteiger charge is -2.24. The van der Waals surface area contributed by atoms with E-state index in [-0.39, 0.29) is 6.17 Å². The molecule has 3 heterocycles. The Morgan fingerprint density at radius 2 is 0.839 bits per heavy atom. The lowest BCUT2D eigenvalue weighted by Crippen LogP contribution is -2.35. The first kappa shape index (κ1) is 35.6. The van der Waals surface area contributed by atoms with Crippen molar-refractivity contribution in [3.05, 3.63) is 236 Å². The van der Waals surface area contributed by atoms with Gasteiger partial charge in [-0.15, -0.1) is 0 Å². The largest absolute Gasteiger partial charge is 0.344 e. The summed E-state index contributed by atoms with van der Waals surface area (Å²) in [6.07, 6.45) is -0.371. The van der Waals surface area contributed by atoms with Gasteiger partial charge in [0, 0.05) is 32.7 Å². The highest BCUT2D eigenvalue weighted by Crippen LogP contribution is 2.43.